The van der Waals surface area contributed by atoms with Gasteiger partial charge in [0.2, 0.25) is 0 Å². The molecule has 0 saturated heterocycles. The molecular weight excluding hydrogens is 377 g/mol. The number of H-pyrrole nitrogens is 1. The van der Waals surface area contributed by atoms with Crippen LogP contribution in [0.3, 0.4) is 0 Å². The van der Waals surface area contributed by atoms with Crippen molar-refractivity contribution >= 4 is 11.9 Å². The number of carbonyl (C=O) groups excluding carboxylic acids is 2. The van der Waals surface area contributed by atoms with Crippen LogP contribution in [0.1, 0.15) is 44.6 Å². The van der Waals surface area contributed by atoms with Crippen LogP contribution in [0.5, 0.6) is 5.75 Å². The largest absolute Gasteiger partial charge is 0.484 e. The third-order valence-corrected chi connectivity index (χ3v) is 3.92. The number of halogens is 3. The molecule has 2 N–H and O–H groups in total. The lowest BCUT2D eigenvalue weighted by molar-refractivity contribution is -0.153. The Balaban J connectivity index is 1.99. The van der Waals surface area contributed by atoms with Crippen LogP contribution >= 0.6 is 0 Å². The van der Waals surface area contributed by atoms with E-state index in [9.17, 15) is 22.8 Å². The molecule has 0 atom stereocenters. The fraction of sp³-hybridized carbons (Fsp3) is 0.368. The van der Waals surface area contributed by atoms with Crippen molar-refractivity contribution in [2.45, 2.75) is 33.5 Å². The second-order valence-electron chi connectivity index (χ2n) is 6.08. The Morgan fingerprint density at radius 2 is 1.79 bits per heavy atom. The van der Waals surface area contributed by atoms with Crippen molar-refractivity contribution in [1.82, 2.24) is 10.3 Å². The molecule has 0 aliphatic heterocycles. The summed E-state index contributed by atoms with van der Waals surface area (Å²) in [6.45, 7) is 4.05. The summed E-state index contributed by atoms with van der Waals surface area (Å²) in [5.41, 5.74) is 2.29. The maximum atomic E-state index is 12.4. The van der Waals surface area contributed by atoms with Crippen LogP contribution in [-0.2, 0) is 11.3 Å². The summed E-state index contributed by atoms with van der Waals surface area (Å²) in [6.07, 6.45) is -4.40. The highest BCUT2D eigenvalue weighted by molar-refractivity contribution is 6.00. The summed E-state index contributed by atoms with van der Waals surface area (Å²) in [5.74, 6) is -0.821. The van der Waals surface area contributed by atoms with E-state index in [1.54, 1.807) is 32.9 Å². The molecule has 2 aromatic rings. The SMILES string of the molecule is CCOC(=O)c1c(C)[nH]c(C(=O)NCc2ccc(OCC(F)(F)F)cc2)c1C. The van der Waals surface area contributed by atoms with E-state index < -0.39 is 24.7 Å². The molecule has 1 heterocycles. The highest BCUT2D eigenvalue weighted by atomic mass is 19.4. The van der Waals surface area contributed by atoms with Crippen molar-refractivity contribution in [2.24, 2.45) is 0 Å². The molecule has 0 aliphatic carbocycles. The lowest BCUT2D eigenvalue weighted by Crippen LogP contribution is -2.24. The molecule has 9 heteroatoms. The van der Waals surface area contributed by atoms with E-state index in [-0.39, 0.29) is 24.6 Å². The molecule has 0 fully saturated rings. The van der Waals surface area contributed by atoms with Crippen molar-refractivity contribution in [3.05, 3.63) is 52.3 Å². The Hall–Kier alpha value is -2.97. The Morgan fingerprint density at radius 1 is 1.14 bits per heavy atom. The minimum atomic E-state index is -4.40. The van der Waals surface area contributed by atoms with E-state index in [2.05, 4.69) is 15.0 Å². The van der Waals surface area contributed by atoms with Crippen LogP contribution < -0.4 is 10.1 Å². The summed E-state index contributed by atoms with van der Waals surface area (Å²) >= 11 is 0. The molecule has 6 nitrogen and oxygen atoms in total. The van der Waals surface area contributed by atoms with Gasteiger partial charge in [0.25, 0.3) is 5.91 Å². The number of benzene rings is 1. The zero-order valence-corrected chi connectivity index (χ0v) is 15.7. The summed E-state index contributed by atoms with van der Waals surface area (Å²) in [6, 6.07) is 5.91. The number of aromatic nitrogens is 1. The molecule has 0 aliphatic rings. The summed E-state index contributed by atoms with van der Waals surface area (Å²) in [4.78, 5) is 27.3. The van der Waals surface area contributed by atoms with E-state index in [4.69, 9.17) is 4.74 Å². The van der Waals surface area contributed by atoms with Gasteiger partial charge in [-0.25, -0.2) is 4.79 Å². The van der Waals surface area contributed by atoms with Gasteiger partial charge in [0.1, 0.15) is 11.4 Å². The van der Waals surface area contributed by atoms with Gasteiger partial charge in [0.05, 0.1) is 12.2 Å². The molecule has 0 bridgehead atoms. The zero-order chi connectivity index (χ0) is 20.9. The van der Waals surface area contributed by atoms with E-state index >= 15 is 0 Å². The van der Waals surface area contributed by atoms with Gasteiger partial charge in [0.15, 0.2) is 6.61 Å². The maximum absolute atomic E-state index is 12.4. The van der Waals surface area contributed by atoms with Crippen LogP contribution in [0.4, 0.5) is 13.2 Å². The predicted molar refractivity (Wildman–Crippen MR) is 95.4 cm³/mol. The minimum Gasteiger partial charge on any atom is -0.484 e. The second-order valence-corrected chi connectivity index (χ2v) is 6.08. The topological polar surface area (TPSA) is 80.4 Å². The van der Waals surface area contributed by atoms with Gasteiger partial charge in [-0.05, 0) is 44.0 Å². The number of nitrogens with one attached hydrogen (secondary N) is 2. The van der Waals surface area contributed by atoms with Crippen LogP contribution in [0, 0.1) is 13.8 Å². The number of amides is 1. The van der Waals surface area contributed by atoms with Crippen molar-refractivity contribution < 1.29 is 32.2 Å². The number of aryl methyl sites for hydroxylation is 1. The molecule has 1 aromatic heterocycles. The third kappa shape index (κ3) is 5.51. The van der Waals surface area contributed by atoms with Crippen LogP contribution in [0.25, 0.3) is 0 Å². The number of aromatic amines is 1. The molecule has 0 saturated carbocycles. The molecular formula is C19H21F3N2O4. The van der Waals surface area contributed by atoms with Gasteiger partial charge in [-0.3, -0.25) is 4.79 Å². The van der Waals surface area contributed by atoms with Gasteiger partial charge >= 0.3 is 12.1 Å². The number of hydrogen-bond donors (Lipinski definition) is 2. The fourth-order valence-corrected chi connectivity index (χ4v) is 2.63. The molecule has 0 radical (unpaired) electrons. The lowest BCUT2D eigenvalue weighted by atomic mass is 10.1. The van der Waals surface area contributed by atoms with Crippen molar-refractivity contribution in [2.75, 3.05) is 13.2 Å². The zero-order valence-electron chi connectivity index (χ0n) is 15.7. The first kappa shape index (κ1) is 21.3. The van der Waals surface area contributed by atoms with Gasteiger partial charge in [-0.1, -0.05) is 12.1 Å². The van der Waals surface area contributed by atoms with Gasteiger partial charge in [-0.2, -0.15) is 13.2 Å². The van der Waals surface area contributed by atoms with Gasteiger partial charge in [-0.15, -0.1) is 0 Å². The second kappa shape index (κ2) is 8.81. The Labute approximate surface area is 160 Å². The molecule has 0 unspecified atom stereocenters. The number of ether oxygens (including phenoxy) is 2. The highest BCUT2D eigenvalue weighted by Crippen LogP contribution is 2.20. The molecule has 152 valence electrons. The van der Waals surface area contributed by atoms with Gasteiger partial charge in [0, 0.05) is 12.2 Å². The lowest BCUT2D eigenvalue weighted by Gasteiger charge is -2.10. The average molecular weight is 398 g/mol. The number of hydrogen-bond acceptors (Lipinski definition) is 4. The first-order chi connectivity index (χ1) is 13.1. The summed E-state index contributed by atoms with van der Waals surface area (Å²) < 4.78 is 46.1. The minimum absolute atomic E-state index is 0.0855. The number of carbonyl (C=O) groups is 2. The smallest absolute Gasteiger partial charge is 0.422 e. The van der Waals surface area contributed by atoms with Gasteiger partial charge < -0.3 is 19.8 Å². The quantitative estimate of drug-likeness (QED) is 0.698. The standard InChI is InChI=1S/C19H21F3N2O4/c1-4-27-18(26)15-11(2)16(24-12(15)3)17(25)23-9-13-5-7-14(8-6-13)28-10-19(20,21)22/h5-8,24H,4,9-10H2,1-3H3,(H,23,25). The maximum Gasteiger partial charge on any atom is 0.422 e. The number of alkyl halides is 3. The number of rotatable bonds is 7. The van der Waals surface area contributed by atoms with Crippen LogP contribution in [0.15, 0.2) is 24.3 Å². The molecule has 2 rings (SSSR count). The highest BCUT2D eigenvalue weighted by Gasteiger charge is 2.28. The number of esters is 1. The first-order valence-corrected chi connectivity index (χ1v) is 8.55. The predicted octanol–water partition coefficient (Wildman–Crippen LogP) is 3.68. The molecule has 0 spiro atoms. The van der Waals surface area contributed by atoms with Crippen LogP contribution in [0.2, 0.25) is 0 Å². The fourth-order valence-electron chi connectivity index (χ4n) is 2.63. The van der Waals surface area contributed by atoms with E-state index in [0.29, 0.717) is 22.4 Å². The molecule has 28 heavy (non-hydrogen) atoms. The average Bonchev–Trinajstić information content (AvgIpc) is 2.93. The molecule has 1 amide bonds. The Kier molecular flexibility index (Phi) is 6.71. The monoisotopic (exact) mass is 398 g/mol. The van der Waals surface area contributed by atoms with Crippen LogP contribution in [-0.4, -0.2) is 36.3 Å². The third-order valence-electron chi connectivity index (χ3n) is 3.92. The Bertz CT molecular complexity index is 842. The summed E-state index contributed by atoms with van der Waals surface area (Å²) in [7, 11) is 0. The Morgan fingerprint density at radius 3 is 2.36 bits per heavy atom. The first-order valence-electron chi connectivity index (χ1n) is 8.55. The van der Waals surface area contributed by atoms with Crippen molar-refractivity contribution in [3.8, 4) is 5.75 Å². The van der Waals surface area contributed by atoms with Crippen molar-refractivity contribution in [1.29, 1.82) is 0 Å². The summed E-state index contributed by atoms with van der Waals surface area (Å²) in [5, 5.41) is 2.70. The molecule has 1 aromatic carbocycles. The van der Waals surface area contributed by atoms with E-state index in [1.807, 2.05) is 0 Å². The van der Waals surface area contributed by atoms with Crippen molar-refractivity contribution in [3.63, 3.8) is 0 Å². The normalized spacial score (nSPS) is 11.2. The van der Waals surface area contributed by atoms with E-state index in [0.717, 1.165) is 0 Å². The van der Waals surface area contributed by atoms with E-state index in [1.165, 1.54) is 12.1 Å².